The molecule has 0 N–H and O–H groups in total. The van der Waals surface area contributed by atoms with Crippen molar-refractivity contribution >= 4 is 8.07 Å². The predicted molar refractivity (Wildman–Crippen MR) is 53.6 cm³/mol. The Morgan fingerprint density at radius 2 is 1.82 bits per heavy atom. The lowest BCUT2D eigenvalue weighted by Crippen LogP contribution is -2.60. The van der Waals surface area contributed by atoms with Gasteiger partial charge in [0.2, 0.25) is 0 Å². The van der Waals surface area contributed by atoms with Crippen molar-refractivity contribution in [3.8, 4) is 0 Å². The molecule has 1 fully saturated rings. The van der Waals surface area contributed by atoms with Crippen LogP contribution in [0.1, 0.15) is 20.3 Å². The van der Waals surface area contributed by atoms with E-state index < -0.39 is 8.07 Å². The summed E-state index contributed by atoms with van der Waals surface area (Å²) in [6, 6.07) is 0. The van der Waals surface area contributed by atoms with E-state index in [9.17, 15) is 0 Å². The Bertz CT molecular complexity index is 146. The van der Waals surface area contributed by atoms with E-state index in [-0.39, 0.29) is 0 Å². The number of likely N-dealkylation sites (tertiary alicyclic amines) is 1. The molecule has 0 bridgehead atoms. The highest BCUT2D eigenvalue weighted by molar-refractivity contribution is 6.76. The Labute approximate surface area is 71.8 Å². The SMILES string of the molecule is CC1(C)CCN1C[Si](C)(C)C. The summed E-state index contributed by atoms with van der Waals surface area (Å²) in [5, 5.41) is 0. The monoisotopic (exact) mass is 171 g/mol. The van der Waals surface area contributed by atoms with Crippen LogP contribution in [0, 0.1) is 0 Å². The first-order chi connectivity index (χ1) is 4.81. The van der Waals surface area contributed by atoms with Crippen LogP contribution in [0.5, 0.6) is 0 Å². The zero-order chi connectivity index (χ0) is 8.70. The lowest BCUT2D eigenvalue weighted by molar-refractivity contribution is 0.0334. The van der Waals surface area contributed by atoms with E-state index in [1.807, 2.05) is 0 Å². The minimum atomic E-state index is -0.853. The first-order valence-electron chi connectivity index (χ1n) is 4.56. The molecular formula is C9H21NSi. The minimum absolute atomic E-state index is 0.514. The fraction of sp³-hybridized carbons (Fsp3) is 1.00. The normalized spacial score (nSPS) is 24.8. The topological polar surface area (TPSA) is 3.24 Å². The van der Waals surface area contributed by atoms with Crippen LogP contribution in [0.15, 0.2) is 0 Å². The van der Waals surface area contributed by atoms with Gasteiger partial charge in [-0.25, -0.2) is 0 Å². The van der Waals surface area contributed by atoms with Crippen molar-refractivity contribution in [3.63, 3.8) is 0 Å². The molecule has 11 heavy (non-hydrogen) atoms. The van der Waals surface area contributed by atoms with Crippen molar-refractivity contribution in [2.24, 2.45) is 0 Å². The molecule has 1 nitrogen and oxygen atoms in total. The summed E-state index contributed by atoms with van der Waals surface area (Å²) in [6.07, 6.45) is 2.76. The molecule has 0 aromatic heterocycles. The Hall–Kier alpha value is 0.177. The van der Waals surface area contributed by atoms with Gasteiger partial charge in [0.05, 0.1) is 8.07 Å². The van der Waals surface area contributed by atoms with Crippen molar-refractivity contribution in [2.45, 2.75) is 45.4 Å². The van der Waals surface area contributed by atoms with Crippen LogP contribution in [0.3, 0.4) is 0 Å². The van der Waals surface area contributed by atoms with Gasteiger partial charge in [0.25, 0.3) is 0 Å². The van der Waals surface area contributed by atoms with E-state index in [1.54, 1.807) is 0 Å². The van der Waals surface area contributed by atoms with Crippen molar-refractivity contribution < 1.29 is 0 Å². The zero-order valence-electron chi connectivity index (χ0n) is 8.57. The molecule has 1 aliphatic heterocycles. The van der Waals surface area contributed by atoms with E-state index in [1.165, 1.54) is 19.1 Å². The second-order valence-electron chi connectivity index (χ2n) is 5.54. The van der Waals surface area contributed by atoms with E-state index in [2.05, 4.69) is 38.4 Å². The van der Waals surface area contributed by atoms with Crippen LogP contribution in [-0.2, 0) is 0 Å². The van der Waals surface area contributed by atoms with Crippen LogP contribution in [0.2, 0.25) is 19.6 Å². The van der Waals surface area contributed by atoms with E-state index in [0.29, 0.717) is 5.54 Å². The molecule has 0 spiro atoms. The average Bonchev–Trinajstić information content (AvgIpc) is 1.79. The smallest absolute Gasteiger partial charge is 0.0599 e. The van der Waals surface area contributed by atoms with E-state index in [4.69, 9.17) is 0 Å². The molecule has 0 saturated carbocycles. The molecule has 0 aromatic carbocycles. The molecule has 0 amide bonds. The van der Waals surface area contributed by atoms with Crippen molar-refractivity contribution in [3.05, 3.63) is 0 Å². The second-order valence-corrected chi connectivity index (χ2v) is 11.0. The van der Waals surface area contributed by atoms with Crippen molar-refractivity contribution in [1.82, 2.24) is 4.90 Å². The van der Waals surface area contributed by atoms with Gasteiger partial charge in [-0.3, -0.25) is 0 Å². The first kappa shape index (κ1) is 9.27. The standard InChI is InChI=1S/C9H21NSi/c1-9(2)6-7-10(9)8-11(3,4)5/h6-8H2,1-5H3. The minimum Gasteiger partial charge on any atom is -0.301 e. The van der Waals surface area contributed by atoms with Crippen LogP contribution < -0.4 is 0 Å². The summed E-state index contributed by atoms with van der Waals surface area (Å²) in [6.45, 7) is 13.4. The van der Waals surface area contributed by atoms with Crippen LogP contribution >= 0.6 is 0 Å². The average molecular weight is 171 g/mol. The fourth-order valence-corrected chi connectivity index (χ4v) is 3.31. The molecule has 0 radical (unpaired) electrons. The third kappa shape index (κ3) is 2.31. The van der Waals surface area contributed by atoms with Gasteiger partial charge in [-0.1, -0.05) is 19.6 Å². The van der Waals surface area contributed by atoms with E-state index >= 15 is 0 Å². The fourth-order valence-electron chi connectivity index (χ4n) is 1.58. The van der Waals surface area contributed by atoms with Gasteiger partial charge in [0.1, 0.15) is 0 Å². The van der Waals surface area contributed by atoms with Gasteiger partial charge in [-0.05, 0) is 26.4 Å². The molecular weight excluding hydrogens is 150 g/mol. The summed E-state index contributed by atoms with van der Waals surface area (Å²) < 4.78 is 0. The van der Waals surface area contributed by atoms with Gasteiger partial charge >= 0.3 is 0 Å². The number of hydrogen-bond acceptors (Lipinski definition) is 1. The molecule has 66 valence electrons. The third-order valence-corrected chi connectivity index (χ3v) is 3.85. The molecule has 0 unspecified atom stereocenters. The maximum Gasteiger partial charge on any atom is 0.0599 e. The molecule has 1 heterocycles. The molecule has 0 aliphatic carbocycles. The van der Waals surface area contributed by atoms with Gasteiger partial charge < -0.3 is 4.90 Å². The van der Waals surface area contributed by atoms with Crippen molar-refractivity contribution in [2.75, 3.05) is 12.7 Å². The number of nitrogens with zero attached hydrogens (tertiary/aromatic N) is 1. The van der Waals surface area contributed by atoms with Gasteiger partial charge in [0, 0.05) is 12.1 Å². The highest BCUT2D eigenvalue weighted by Crippen LogP contribution is 2.30. The molecule has 1 aliphatic rings. The third-order valence-electron chi connectivity index (χ3n) is 2.51. The lowest BCUT2D eigenvalue weighted by Gasteiger charge is -2.50. The Morgan fingerprint density at radius 3 is 1.91 bits per heavy atom. The molecule has 2 heteroatoms. The van der Waals surface area contributed by atoms with Gasteiger partial charge in [0.15, 0.2) is 0 Å². The quantitative estimate of drug-likeness (QED) is 0.577. The Balaban J connectivity index is 2.40. The Morgan fingerprint density at radius 1 is 1.27 bits per heavy atom. The second kappa shape index (κ2) is 2.59. The number of rotatable bonds is 2. The summed E-state index contributed by atoms with van der Waals surface area (Å²) in [7, 11) is -0.853. The summed E-state index contributed by atoms with van der Waals surface area (Å²) in [5.74, 6) is 0. The van der Waals surface area contributed by atoms with E-state index in [0.717, 1.165) is 0 Å². The largest absolute Gasteiger partial charge is 0.301 e. The van der Waals surface area contributed by atoms with Crippen LogP contribution in [0.25, 0.3) is 0 Å². The van der Waals surface area contributed by atoms with Crippen LogP contribution in [0.4, 0.5) is 0 Å². The number of hydrogen-bond donors (Lipinski definition) is 0. The predicted octanol–water partition coefficient (Wildman–Crippen LogP) is 2.35. The first-order valence-corrected chi connectivity index (χ1v) is 8.27. The molecule has 1 saturated heterocycles. The van der Waals surface area contributed by atoms with Crippen molar-refractivity contribution in [1.29, 1.82) is 0 Å². The molecule has 0 atom stereocenters. The summed E-state index contributed by atoms with van der Waals surface area (Å²) >= 11 is 0. The van der Waals surface area contributed by atoms with Crippen LogP contribution in [-0.4, -0.2) is 31.2 Å². The lowest BCUT2D eigenvalue weighted by atomic mass is 9.90. The van der Waals surface area contributed by atoms with Gasteiger partial charge in [-0.15, -0.1) is 0 Å². The maximum atomic E-state index is 2.64. The zero-order valence-corrected chi connectivity index (χ0v) is 9.57. The maximum absolute atomic E-state index is 2.64. The Kier molecular flexibility index (Phi) is 2.19. The molecule has 1 rings (SSSR count). The summed E-state index contributed by atoms with van der Waals surface area (Å²) in [4.78, 5) is 2.64. The highest BCUT2D eigenvalue weighted by Gasteiger charge is 2.37. The molecule has 0 aromatic rings. The summed E-state index contributed by atoms with van der Waals surface area (Å²) in [5.41, 5.74) is 0.514. The van der Waals surface area contributed by atoms with Gasteiger partial charge in [-0.2, -0.15) is 0 Å². The highest BCUT2D eigenvalue weighted by atomic mass is 28.3.